The van der Waals surface area contributed by atoms with Gasteiger partial charge in [-0.2, -0.15) is 4.98 Å². The lowest BCUT2D eigenvalue weighted by Crippen LogP contribution is -2.49. The summed E-state index contributed by atoms with van der Waals surface area (Å²) in [5.41, 5.74) is 4.38. The van der Waals surface area contributed by atoms with Gasteiger partial charge in [-0.25, -0.2) is 4.98 Å². The number of benzene rings is 2. The van der Waals surface area contributed by atoms with Gasteiger partial charge in [0, 0.05) is 61.5 Å². The molecule has 180 valence electrons. The Balaban J connectivity index is 1.27. The van der Waals surface area contributed by atoms with Crippen LogP contribution in [0.2, 0.25) is 0 Å². The molecule has 0 radical (unpaired) electrons. The number of aryl methyl sites for hydroxylation is 1. The van der Waals surface area contributed by atoms with E-state index < -0.39 is 0 Å². The molecule has 0 atom stereocenters. The number of anilines is 1. The molecule has 2 aromatic heterocycles. The van der Waals surface area contributed by atoms with Crippen LogP contribution in [0.15, 0.2) is 60.8 Å². The van der Waals surface area contributed by atoms with Gasteiger partial charge in [0.25, 0.3) is 0 Å². The van der Waals surface area contributed by atoms with Gasteiger partial charge in [-0.05, 0) is 47.9 Å². The van der Waals surface area contributed by atoms with Crippen LogP contribution >= 0.6 is 0 Å². The molecule has 0 unspecified atom stereocenters. The van der Waals surface area contributed by atoms with Crippen LogP contribution in [0.4, 0.5) is 5.95 Å². The molecule has 8 heteroatoms. The number of para-hydroxylation sites is 1. The first-order chi connectivity index (χ1) is 17.2. The van der Waals surface area contributed by atoms with Gasteiger partial charge in [0.05, 0.1) is 14.2 Å². The predicted octanol–water partition coefficient (Wildman–Crippen LogP) is 3.92. The molecule has 0 saturated carbocycles. The standard InChI is InChI=1S/C27H29N5O3/c1-34-20-9-7-19(8-10-20)26-22(21-5-3-4-6-23(21)29-26)11-12-25(33)31-15-17-32(18-16-31)27-28-14-13-24(30-27)35-2/h3-10,13-14,29H,11-12,15-18H2,1-2H3. The molecule has 1 N–H and O–H groups in total. The number of aromatic amines is 1. The maximum atomic E-state index is 13.1. The minimum Gasteiger partial charge on any atom is -0.497 e. The zero-order valence-electron chi connectivity index (χ0n) is 20.0. The van der Waals surface area contributed by atoms with Crippen molar-refractivity contribution in [1.29, 1.82) is 0 Å². The number of ether oxygens (including phenoxy) is 2. The van der Waals surface area contributed by atoms with Gasteiger partial charge >= 0.3 is 0 Å². The molecule has 1 aliphatic rings. The van der Waals surface area contributed by atoms with E-state index in [4.69, 9.17) is 9.47 Å². The summed E-state index contributed by atoms with van der Waals surface area (Å²) in [6.07, 6.45) is 2.82. The summed E-state index contributed by atoms with van der Waals surface area (Å²) >= 11 is 0. The molecule has 1 amide bonds. The maximum Gasteiger partial charge on any atom is 0.228 e. The second-order valence-corrected chi connectivity index (χ2v) is 8.52. The normalized spacial score (nSPS) is 13.8. The predicted molar refractivity (Wildman–Crippen MR) is 136 cm³/mol. The highest BCUT2D eigenvalue weighted by Gasteiger charge is 2.23. The highest BCUT2D eigenvalue weighted by atomic mass is 16.5. The first-order valence-corrected chi connectivity index (χ1v) is 11.8. The molecule has 5 rings (SSSR count). The van der Waals surface area contributed by atoms with Crippen LogP contribution in [0, 0.1) is 0 Å². The van der Waals surface area contributed by atoms with Crippen molar-refractivity contribution < 1.29 is 14.3 Å². The molecule has 0 bridgehead atoms. The largest absolute Gasteiger partial charge is 0.497 e. The van der Waals surface area contributed by atoms with Crippen LogP contribution < -0.4 is 14.4 Å². The van der Waals surface area contributed by atoms with Crippen LogP contribution in [0.3, 0.4) is 0 Å². The molecule has 1 aliphatic heterocycles. The molecular formula is C27H29N5O3. The number of fused-ring (bicyclic) bond motifs is 1. The van der Waals surface area contributed by atoms with Crippen LogP contribution in [-0.4, -0.2) is 66.2 Å². The lowest BCUT2D eigenvalue weighted by Gasteiger charge is -2.34. The van der Waals surface area contributed by atoms with E-state index in [0.717, 1.165) is 27.9 Å². The van der Waals surface area contributed by atoms with Crippen LogP contribution in [0.25, 0.3) is 22.2 Å². The quantitative estimate of drug-likeness (QED) is 0.440. The monoisotopic (exact) mass is 471 g/mol. The van der Waals surface area contributed by atoms with Crippen molar-refractivity contribution in [3.05, 3.63) is 66.4 Å². The second kappa shape index (κ2) is 10.0. The molecule has 8 nitrogen and oxygen atoms in total. The Morgan fingerprint density at radius 1 is 0.971 bits per heavy atom. The van der Waals surface area contributed by atoms with Gasteiger partial charge in [-0.3, -0.25) is 4.79 Å². The number of nitrogens with zero attached hydrogens (tertiary/aromatic N) is 4. The third-order valence-corrected chi connectivity index (χ3v) is 6.52. The summed E-state index contributed by atoms with van der Waals surface area (Å²) in [6, 6.07) is 18.0. The van der Waals surface area contributed by atoms with Crippen LogP contribution in [-0.2, 0) is 11.2 Å². The van der Waals surface area contributed by atoms with Crippen molar-refractivity contribution in [2.45, 2.75) is 12.8 Å². The smallest absolute Gasteiger partial charge is 0.228 e. The first-order valence-electron chi connectivity index (χ1n) is 11.8. The number of hydrogen-bond donors (Lipinski definition) is 1. The van der Waals surface area contributed by atoms with Gasteiger partial charge in [-0.15, -0.1) is 0 Å². The molecule has 2 aromatic carbocycles. The fourth-order valence-corrected chi connectivity index (χ4v) is 4.61. The molecule has 0 spiro atoms. The van der Waals surface area contributed by atoms with E-state index in [0.29, 0.717) is 50.8 Å². The summed E-state index contributed by atoms with van der Waals surface area (Å²) in [5.74, 6) is 2.17. The third kappa shape index (κ3) is 4.77. The Morgan fingerprint density at radius 2 is 1.74 bits per heavy atom. The average Bonchev–Trinajstić information content (AvgIpc) is 3.30. The molecule has 35 heavy (non-hydrogen) atoms. The number of piperazine rings is 1. The van der Waals surface area contributed by atoms with Crippen molar-refractivity contribution >= 4 is 22.8 Å². The molecule has 3 heterocycles. The number of nitrogens with one attached hydrogen (secondary N) is 1. The maximum absolute atomic E-state index is 13.1. The average molecular weight is 472 g/mol. The zero-order chi connectivity index (χ0) is 24.2. The molecular weight excluding hydrogens is 442 g/mol. The number of aromatic nitrogens is 3. The Bertz CT molecular complexity index is 1310. The Labute approximate surface area is 204 Å². The minimum atomic E-state index is 0.169. The van der Waals surface area contributed by atoms with Crippen molar-refractivity contribution in [2.75, 3.05) is 45.3 Å². The Kier molecular flexibility index (Phi) is 6.52. The van der Waals surface area contributed by atoms with E-state index in [2.05, 4.69) is 44.1 Å². The number of rotatable bonds is 7. The zero-order valence-corrected chi connectivity index (χ0v) is 20.0. The number of amides is 1. The second-order valence-electron chi connectivity index (χ2n) is 8.52. The summed E-state index contributed by atoms with van der Waals surface area (Å²) in [4.78, 5) is 29.5. The number of H-pyrrole nitrogens is 1. The van der Waals surface area contributed by atoms with E-state index in [1.807, 2.05) is 29.2 Å². The lowest BCUT2D eigenvalue weighted by atomic mass is 10.0. The summed E-state index contributed by atoms with van der Waals surface area (Å²) in [7, 11) is 3.26. The van der Waals surface area contributed by atoms with E-state index in [9.17, 15) is 4.79 Å². The van der Waals surface area contributed by atoms with Crippen LogP contribution in [0.5, 0.6) is 11.6 Å². The number of hydrogen-bond acceptors (Lipinski definition) is 6. The van der Waals surface area contributed by atoms with Gasteiger partial charge in [-0.1, -0.05) is 18.2 Å². The van der Waals surface area contributed by atoms with E-state index in [1.165, 1.54) is 5.56 Å². The summed E-state index contributed by atoms with van der Waals surface area (Å²) in [5, 5.41) is 1.16. The molecule has 0 aliphatic carbocycles. The fourth-order valence-electron chi connectivity index (χ4n) is 4.61. The van der Waals surface area contributed by atoms with Gasteiger partial charge < -0.3 is 24.3 Å². The highest BCUT2D eigenvalue weighted by Crippen LogP contribution is 2.32. The Morgan fingerprint density at radius 3 is 2.49 bits per heavy atom. The summed E-state index contributed by atoms with van der Waals surface area (Å²) in [6.45, 7) is 2.70. The van der Waals surface area contributed by atoms with Gasteiger partial charge in [0.2, 0.25) is 17.7 Å². The third-order valence-electron chi connectivity index (χ3n) is 6.52. The van der Waals surface area contributed by atoms with E-state index in [-0.39, 0.29) is 5.91 Å². The van der Waals surface area contributed by atoms with E-state index >= 15 is 0 Å². The first kappa shape index (κ1) is 22.7. The van der Waals surface area contributed by atoms with Crippen molar-refractivity contribution in [1.82, 2.24) is 19.9 Å². The topological polar surface area (TPSA) is 83.6 Å². The number of carbonyl (C=O) groups excluding carboxylic acids is 1. The van der Waals surface area contributed by atoms with Gasteiger partial charge in [0.1, 0.15) is 5.75 Å². The van der Waals surface area contributed by atoms with E-state index in [1.54, 1.807) is 26.5 Å². The Hall–Kier alpha value is -4.07. The summed E-state index contributed by atoms with van der Waals surface area (Å²) < 4.78 is 10.5. The van der Waals surface area contributed by atoms with Crippen LogP contribution in [0.1, 0.15) is 12.0 Å². The highest BCUT2D eigenvalue weighted by molar-refractivity contribution is 5.91. The molecule has 4 aromatic rings. The fraction of sp³-hybridized carbons (Fsp3) is 0.296. The minimum absolute atomic E-state index is 0.169. The van der Waals surface area contributed by atoms with Gasteiger partial charge in [0.15, 0.2) is 0 Å². The van der Waals surface area contributed by atoms with Crippen molar-refractivity contribution in [2.24, 2.45) is 0 Å². The SMILES string of the molecule is COc1ccc(-c2[nH]c3ccccc3c2CCC(=O)N2CCN(c3nccc(OC)n3)CC2)cc1. The molecule has 1 fully saturated rings. The lowest BCUT2D eigenvalue weighted by molar-refractivity contribution is -0.131. The number of carbonyl (C=O) groups is 1. The molecule has 1 saturated heterocycles. The number of methoxy groups -OCH3 is 2. The van der Waals surface area contributed by atoms with Crippen molar-refractivity contribution in [3.8, 4) is 22.9 Å². The van der Waals surface area contributed by atoms with Crippen molar-refractivity contribution in [3.63, 3.8) is 0 Å².